The Hall–Kier alpha value is -3.83. The SMILES string of the molecule is CC[C@@]1(O)C(=O)OCc2c1cc1n(c2=O)Cc2cc3c(C[N+](C)(C)C(C)C)c(OC(=O)NC)c(F)cc3nc2-1. The fourth-order valence-electron chi connectivity index (χ4n) is 5.14. The smallest absolute Gasteiger partial charge is 0.412 e. The highest BCUT2D eigenvalue weighted by molar-refractivity contribution is 5.90. The van der Waals surface area contributed by atoms with Gasteiger partial charge >= 0.3 is 12.1 Å². The second-order valence-electron chi connectivity index (χ2n) is 11.0. The van der Waals surface area contributed by atoms with Gasteiger partial charge in [0.1, 0.15) is 13.2 Å². The van der Waals surface area contributed by atoms with Crippen LogP contribution in [0.4, 0.5) is 9.18 Å². The number of quaternary nitrogens is 1. The third-order valence-corrected chi connectivity index (χ3v) is 8.19. The van der Waals surface area contributed by atoms with E-state index in [9.17, 15) is 19.5 Å². The molecule has 3 aromatic rings. The zero-order chi connectivity index (χ0) is 28.4. The van der Waals surface area contributed by atoms with Gasteiger partial charge in [-0.3, -0.25) is 4.79 Å². The van der Waals surface area contributed by atoms with Crippen molar-refractivity contribution in [2.45, 2.75) is 58.5 Å². The number of nitrogens with one attached hydrogen (secondary N) is 1. The first-order valence-corrected chi connectivity index (χ1v) is 12.9. The van der Waals surface area contributed by atoms with Crippen molar-refractivity contribution in [3.05, 3.63) is 56.6 Å². The van der Waals surface area contributed by atoms with Crippen LogP contribution >= 0.6 is 0 Å². The standard InChI is InChI=1S/C28H31FN4O6/c1-7-28(37)19-9-22-23-15(11-32(22)25(34)18(19)13-38-26(28)35)8-16-17(12-33(5,6)14(2)3)24(39-27(36)30-4)20(29)10-21(16)31-23/h8-10,14,37H,7,11-13H2,1-6H3/p+1/t28-/m0/s1. The first-order chi connectivity index (χ1) is 18.3. The monoisotopic (exact) mass is 539 g/mol. The van der Waals surface area contributed by atoms with Gasteiger partial charge in [0, 0.05) is 29.6 Å². The van der Waals surface area contributed by atoms with Gasteiger partial charge in [0.2, 0.25) is 0 Å². The number of aliphatic hydroxyl groups is 1. The Balaban J connectivity index is 1.75. The number of cyclic esters (lactones) is 1. The molecule has 2 aromatic heterocycles. The van der Waals surface area contributed by atoms with Gasteiger partial charge in [-0.25, -0.2) is 19.0 Å². The number of carbonyl (C=O) groups is 2. The van der Waals surface area contributed by atoms with Crippen LogP contribution in [0, 0.1) is 5.82 Å². The van der Waals surface area contributed by atoms with Crippen LogP contribution in [0.15, 0.2) is 23.0 Å². The van der Waals surface area contributed by atoms with E-state index in [2.05, 4.69) is 5.32 Å². The van der Waals surface area contributed by atoms with Gasteiger partial charge in [-0.05, 0) is 32.4 Å². The van der Waals surface area contributed by atoms with E-state index in [0.29, 0.717) is 44.4 Å². The fourth-order valence-corrected chi connectivity index (χ4v) is 5.14. The van der Waals surface area contributed by atoms with Crippen molar-refractivity contribution in [1.82, 2.24) is 14.9 Å². The molecule has 0 saturated heterocycles. The Morgan fingerprint density at radius 2 is 2.03 bits per heavy atom. The van der Waals surface area contributed by atoms with Crippen molar-refractivity contribution >= 4 is 23.0 Å². The highest BCUT2D eigenvalue weighted by Crippen LogP contribution is 2.41. The van der Waals surface area contributed by atoms with Crippen LogP contribution < -0.4 is 15.6 Å². The molecule has 0 unspecified atom stereocenters. The summed E-state index contributed by atoms with van der Waals surface area (Å²) in [7, 11) is 5.41. The van der Waals surface area contributed by atoms with Crippen molar-refractivity contribution < 1.29 is 33.0 Å². The number of hydrogen-bond acceptors (Lipinski definition) is 7. The van der Waals surface area contributed by atoms with E-state index in [4.69, 9.17) is 14.5 Å². The first-order valence-electron chi connectivity index (χ1n) is 12.9. The average Bonchev–Trinajstić information content (AvgIpc) is 3.25. The molecule has 10 nitrogen and oxygen atoms in total. The fraction of sp³-hybridized carbons (Fsp3) is 0.429. The number of esters is 1. The Kier molecular flexibility index (Phi) is 6.27. The lowest BCUT2D eigenvalue weighted by atomic mass is 9.86. The Morgan fingerprint density at radius 3 is 2.67 bits per heavy atom. The second-order valence-corrected chi connectivity index (χ2v) is 11.0. The minimum Gasteiger partial charge on any atom is -0.458 e. The molecule has 0 radical (unpaired) electrons. The molecule has 0 fully saturated rings. The van der Waals surface area contributed by atoms with Gasteiger partial charge in [-0.15, -0.1) is 0 Å². The van der Waals surface area contributed by atoms with Gasteiger partial charge in [0.05, 0.1) is 54.7 Å². The predicted octanol–water partition coefficient (Wildman–Crippen LogP) is 2.92. The van der Waals surface area contributed by atoms with E-state index in [1.54, 1.807) is 13.0 Å². The van der Waals surface area contributed by atoms with E-state index in [-0.39, 0.29) is 48.0 Å². The highest BCUT2D eigenvalue weighted by Gasteiger charge is 2.45. The number of halogens is 1. The molecular formula is C28H32FN4O6+. The summed E-state index contributed by atoms with van der Waals surface area (Å²) in [5, 5.41) is 14.1. The van der Waals surface area contributed by atoms with Crippen LogP contribution in [0.2, 0.25) is 0 Å². The van der Waals surface area contributed by atoms with E-state index in [0.717, 1.165) is 0 Å². The normalized spacial score (nSPS) is 18.0. The molecule has 0 saturated carbocycles. The van der Waals surface area contributed by atoms with Crippen molar-refractivity contribution in [3.63, 3.8) is 0 Å². The summed E-state index contributed by atoms with van der Waals surface area (Å²) < 4.78 is 28.0. The van der Waals surface area contributed by atoms with Crippen LogP contribution in [0.1, 0.15) is 49.4 Å². The quantitative estimate of drug-likeness (QED) is 0.296. The molecule has 5 rings (SSSR count). The number of ether oxygens (including phenoxy) is 2. The number of rotatable bonds is 5. The second kappa shape index (κ2) is 9.13. The van der Waals surface area contributed by atoms with Crippen molar-refractivity contribution in [2.75, 3.05) is 21.1 Å². The molecule has 11 heteroatoms. The molecule has 0 aliphatic carbocycles. The molecule has 1 aromatic carbocycles. The number of benzene rings is 1. The largest absolute Gasteiger partial charge is 0.458 e. The van der Waals surface area contributed by atoms with Crippen LogP contribution in [-0.4, -0.2) is 58.4 Å². The Labute approximate surface area is 224 Å². The third-order valence-electron chi connectivity index (χ3n) is 8.19. The summed E-state index contributed by atoms with van der Waals surface area (Å²) in [6.07, 6.45) is -0.755. The lowest BCUT2D eigenvalue weighted by Crippen LogP contribution is -2.45. The van der Waals surface area contributed by atoms with Gasteiger partial charge < -0.3 is 28.9 Å². The molecule has 2 aliphatic rings. The zero-order valence-corrected chi connectivity index (χ0v) is 22.8. The summed E-state index contributed by atoms with van der Waals surface area (Å²) in [6, 6.07) is 4.86. The van der Waals surface area contributed by atoms with Gasteiger partial charge in [-0.2, -0.15) is 0 Å². The maximum atomic E-state index is 15.5. The molecule has 2 N–H and O–H groups in total. The summed E-state index contributed by atoms with van der Waals surface area (Å²) in [5.74, 6) is -1.70. The highest BCUT2D eigenvalue weighted by atomic mass is 19.1. The maximum Gasteiger partial charge on any atom is 0.412 e. The zero-order valence-electron chi connectivity index (χ0n) is 22.8. The van der Waals surface area contributed by atoms with E-state index in [1.165, 1.54) is 17.7 Å². The number of fused-ring (bicyclic) bond motifs is 5. The minimum absolute atomic E-state index is 0.0340. The minimum atomic E-state index is -1.94. The van der Waals surface area contributed by atoms with Crippen molar-refractivity contribution in [3.8, 4) is 17.1 Å². The van der Waals surface area contributed by atoms with E-state index < -0.39 is 23.5 Å². The van der Waals surface area contributed by atoms with Gasteiger partial charge in [0.25, 0.3) is 5.56 Å². The number of nitrogens with zero attached hydrogens (tertiary/aromatic N) is 3. The van der Waals surface area contributed by atoms with Crippen LogP contribution in [0.3, 0.4) is 0 Å². The lowest BCUT2D eigenvalue weighted by molar-refractivity contribution is -0.924. The average molecular weight is 540 g/mol. The number of amides is 1. The molecule has 1 atom stereocenters. The number of hydrogen-bond donors (Lipinski definition) is 2. The predicted molar refractivity (Wildman–Crippen MR) is 141 cm³/mol. The maximum absolute atomic E-state index is 15.5. The molecular weight excluding hydrogens is 507 g/mol. The van der Waals surface area contributed by atoms with E-state index in [1.807, 2.05) is 34.0 Å². The third kappa shape index (κ3) is 4.07. The lowest BCUT2D eigenvalue weighted by Gasteiger charge is -2.35. The van der Waals surface area contributed by atoms with E-state index >= 15 is 4.39 Å². The first kappa shape index (κ1) is 26.8. The number of carbonyl (C=O) groups excluding carboxylic acids is 2. The summed E-state index contributed by atoms with van der Waals surface area (Å²) in [6.45, 7) is 6.06. The van der Waals surface area contributed by atoms with Gasteiger partial charge in [0.15, 0.2) is 17.2 Å². The molecule has 1 amide bonds. The molecule has 4 heterocycles. The number of pyridine rings is 2. The van der Waals surface area contributed by atoms with Crippen LogP contribution in [0.25, 0.3) is 22.3 Å². The Bertz CT molecular complexity index is 1610. The van der Waals surface area contributed by atoms with Crippen LogP contribution in [-0.2, 0) is 34.8 Å². The molecule has 206 valence electrons. The summed E-state index contributed by atoms with van der Waals surface area (Å²) >= 11 is 0. The van der Waals surface area contributed by atoms with Crippen molar-refractivity contribution in [2.24, 2.45) is 0 Å². The summed E-state index contributed by atoms with van der Waals surface area (Å²) in [5.41, 5.74) is 0.551. The molecule has 0 bridgehead atoms. The van der Waals surface area contributed by atoms with Crippen molar-refractivity contribution in [1.29, 1.82) is 0 Å². The van der Waals surface area contributed by atoms with Crippen LogP contribution in [0.5, 0.6) is 5.75 Å². The molecule has 2 aliphatic heterocycles. The number of aromatic nitrogens is 2. The summed E-state index contributed by atoms with van der Waals surface area (Å²) in [4.78, 5) is 42.8. The Morgan fingerprint density at radius 1 is 1.31 bits per heavy atom. The van der Waals surface area contributed by atoms with Gasteiger partial charge in [-0.1, -0.05) is 6.92 Å². The molecule has 0 spiro atoms. The topological polar surface area (TPSA) is 120 Å². The molecule has 39 heavy (non-hydrogen) atoms.